The highest BCUT2D eigenvalue weighted by Crippen LogP contribution is 2.15. The number of hydrogen-bond donors (Lipinski definition) is 2. The minimum atomic E-state index is -0.675. The van der Waals surface area contributed by atoms with E-state index in [0.717, 1.165) is 12.8 Å². The molecule has 0 spiro atoms. The number of carbonyl (C=O) groups is 1. The van der Waals surface area contributed by atoms with E-state index in [-0.39, 0.29) is 11.9 Å². The van der Waals surface area contributed by atoms with Gasteiger partial charge in [0.25, 0.3) is 0 Å². The normalized spacial score (nSPS) is 27.4. The Hall–Kier alpha value is -0.420. The third kappa shape index (κ3) is 3.57. The van der Waals surface area contributed by atoms with Gasteiger partial charge in [0.1, 0.15) is 0 Å². The summed E-state index contributed by atoms with van der Waals surface area (Å²) in [6.45, 7) is 4.02. The van der Waals surface area contributed by atoms with Crippen molar-refractivity contribution < 1.29 is 9.00 Å². The SMILES string of the molecule is CC(C)(CN)C(=O)NC1CCS(=O)CC1. The Kier molecular flexibility index (Phi) is 4.28. The molecule has 0 saturated carbocycles. The summed E-state index contributed by atoms with van der Waals surface area (Å²) in [6, 6.07) is 0.182. The van der Waals surface area contributed by atoms with E-state index in [9.17, 15) is 9.00 Å². The highest BCUT2D eigenvalue weighted by atomic mass is 32.2. The average molecular weight is 232 g/mol. The molecule has 15 heavy (non-hydrogen) atoms. The van der Waals surface area contributed by atoms with Gasteiger partial charge >= 0.3 is 0 Å². The van der Waals surface area contributed by atoms with E-state index in [1.807, 2.05) is 13.8 Å². The second-order valence-electron chi connectivity index (χ2n) is 4.68. The molecule has 1 heterocycles. The molecule has 0 radical (unpaired) electrons. The van der Waals surface area contributed by atoms with Gasteiger partial charge in [-0.3, -0.25) is 9.00 Å². The van der Waals surface area contributed by atoms with Crippen molar-refractivity contribution in [2.75, 3.05) is 18.1 Å². The van der Waals surface area contributed by atoms with Crippen LogP contribution in [-0.2, 0) is 15.6 Å². The molecule has 0 unspecified atom stereocenters. The Bertz CT molecular complexity index is 256. The zero-order chi connectivity index (χ0) is 11.5. The molecular weight excluding hydrogens is 212 g/mol. The molecule has 5 heteroatoms. The Balaban J connectivity index is 2.42. The van der Waals surface area contributed by atoms with Crippen LogP contribution in [0.1, 0.15) is 26.7 Å². The van der Waals surface area contributed by atoms with Gasteiger partial charge in [-0.1, -0.05) is 0 Å². The third-order valence-corrected chi connectivity index (χ3v) is 4.23. The molecular formula is C10H20N2O2S. The van der Waals surface area contributed by atoms with Gasteiger partial charge in [-0.15, -0.1) is 0 Å². The molecule has 1 saturated heterocycles. The lowest BCUT2D eigenvalue weighted by atomic mass is 9.92. The molecule has 1 fully saturated rings. The van der Waals surface area contributed by atoms with Crippen molar-refractivity contribution in [3.63, 3.8) is 0 Å². The van der Waals surface area contributed by atoms with Crippen LogP contribution in [0.15, 0.2) is 0 Å². The van der Waals surface area contributed by atoms with Gasteiger partial charge < -0.3 is 11.1 Å². The zero-order valence-corrected chi connectivity index (χ0v) is 10.2. The van der Waals surface area contributed by atoms with Crippen LogP contribution in [0.4, 0.5) is 0 Å². The summed E-state index contributed by atoms with van der Waals surface area (Å²) < 4.78 is 11.1. The average Bonchev–Trinajstić information content (AvgIpc) is 2.21. The van der Waals surface area contributed by atoms with Crippen molar-refractivity contribution in [1.82, 2.24) is 5.32 Å². The summed E-state index contributed by atoms with van der Waals surface area (Å²) in [6.07, 6.45) is 1.64. The van der Waals surface area contributed by atoms with Crippen molar-refractivity contribution in [3.8, 4) is 0 Å². The van der Waals surface area contributed by atoms with Crippen molar-refractivity contribution in [2.45, 2.75) is 32.7 Å². The molecule has 0 atom stereocenters. The highest BCUT2D eigenvalue weighted by Gasteiger charge is 2.28. The standard InChI is InChI=1S/C10H20N2O2S/c1-10(2,7-11)9(13)12-8-3-5-15(14)6-4-8/h8H,3-7,11H2,1-2H3,(H,12,13). The van der Waals surface area contributed by atoms with E-state index >= 15 is 0 Å². The summed E-state index contributed by atoms with van der Waals surface area (Å²) in [5.74, 6) is 1.41. The minimum Gasteiger partial charge on any atom is -0.353 e. The Morgan fingerprint density at radius 3 is 2.47 bits per heavy atom. The molecule has 0 aromatic heterocycles. The van der Waals surface area contributed by atoms with Gasteiger partial charge in [0.15, 0.2) is 0 Å². The first kappa shape index (κ1) is 12.6. The summed E-state index contributed by atoms with van der Waals surface area (Å²) in [5, 5.41) is 2.98. The van der Waals surface area contributed by atoms with Gasteiger partial charge in [-0.2, -0.15) is 0 Å². The number of hydrogen-bond acceptors (Lipinski definition) is 3. The van der Waals surface area contributed by atoms with Crippen molar-refractivity contribution in [3.05, 3.63) is 0 Å². The molecule has 1 aliphatic heterocycles. The summed E-state index contributed by atoms with van der Waals surface area (Å²) in [5.41, 5.74) is 5.02. The molecule has 4 nitrogen and oxygen atoms in total. The fourth-order valence-corrected chi connectivity index (χ4v) is 2.71. The first-order valence-corrected chi connectivity index (χ1v) is 6.80. The van der Waals surface area contributed by atoms with Crippen molar-refractivity contribution in [1.29, 1.82) is 0 Å². The van der Waals surface area contributed by atoms with Crippen LogP contribution in [-0.4, -0.2) is 34.2 Å². The largest absolute Gasteiger partial charge is 0.353 e. The lowest BCUT2D eigenvalue weighted by Crippen LogP contribution is -2.47. The van der Waals surface area contributed by atoms with E-state index in [1.165, 1.54) is 0 Å². The smallest absolute Gasteiger partial charge is 0.227 e. The lowest BCUT2D eigenvalue weighted by Gasteiger charge is -2.28. The minimum absolute atomic E-state index is 0.00248. The van der Waals surface area contributed by atoms with Crippen molar-refractivity contribution in [2.24, 2.45) is 11.1 Å². The summed E-state index contributed by atoms with van der Waals surface area (Å²) >= 11 is 0. The number of rotatable bonds is 3. The van der Waals surface area contributed by atoms with Crippen LogP contribution >= 0.6 is 0 Å². The zero-order valence-electron chi connectivity index (χ0n) is 9.41. The van der Waals surface area contributed by atoms with E-state index in [1.54, 1.807) is 0 Å². The maximum Gasteiger partial charge on any atom is 0.227 e. The molecule has 1 amide bonds. The number of nitrogens with one attached hydrogen (secondary N) is 1. The maximum absolute atomic E-state index is 11.8. The van der Waals surface area contributed by atoms with Crippen LogP contribution < -0.4 is 11.1 Å². The lowest BCUT2D eigenvalue weighted by molar-refractivity contribution is -0.129. The highest BCUT2D eigenvalue weighted by molar-refractivity contribution is 7.85. The van der Waals surface area contributed by atoms with Gasteiger partial charge in [0.2, 0.25) is 5.91 Å². The van der Waals surface area contributed by atoms with Crippen LogP contribution in [0.2, 0.25) is 0 Å². The molecule has 0 aromatic rings. The fourth-order valence-electron chi connectivity index (χ4n) is 1.41. The topological polar surface area (TPSA) is 72.2 Å². The Morgan fingerprint density at radius 1 is 1.47 bits per heavy atom. The fraction of sp³-hybridized carbons (Fsp3) is 0.900. The van der Waals surface area contributed by atoms with E-state index < -0.39 is 16.2 Å². The first-order valence-electron chi connectivity index (χ1n) is 5.32. The van der Waals surface area contributed by atoms with Crippen LogP contribution in [0.3, 0.4) is 0 Å². The van der Waals surface area contributed by atoms with Gasteiger partial charge in [0.05, 0.1) is 5.41 Å². The molecule has 0 aromatic carbocycles. The predicted molar refractivity (Wildman–Crippen MR) is 61.9 cm³/mol. The molecule has 88 valence electrons. The first-order chi connectivity index (χ1) is 6.95. The second-order valence-corrected chi connectivity index (χ2v) is 6.38. The second kappa shape index (κ2) is 5.07. The number of amides is 1. The number of carbonyl (C=O) groups excluding carboxylic acids is 1. The Morgan fingerprint density at radius 2 is 2.00 bits per heavy atom. The quantitative estimate of drug-likeness (QED) is 0.719. The number of nitrogens with two attached hydrogens (primary N) is 1. The molecule has 3 N–H and O–H groups in total. The predicted octanol–water partition coefficient (Wildman–Crippen LogP) is -0.00140. The maximum atomic E-state index is 11.8. The van der Waals surface area contributed by atoms with Crippen molar-refractivity contribution >= 4 is 16.7 Å². The van der Waals surface area contributed by atoms with Gasteiger partial charge in [-0.05, 0) is 26.7 Å². The van der Waals surface area contributed by atoms with Crippen LogP contribution in [0.5, 0.6) is 0 Å². The molecule has 0 bridgehead atoms. The summed E-state index contributed by atoms with van der Waals surface area (Å²) in [4.78, 5) is 11.8. The van der Waals surface area contributed by atoms with Crippen LogP contribution in [0.25, 0.3) is 0 Å². The molecule has 0 aliphatic carbocycles. The van der Waals surface area contributed by atoms with Gasteiger partial charge in [0, 0.05) is 34.9 Å². The van der Waals surface area contributed by atoms with E-state index in [0.29, 0.717) is 18.1 Å². The third-order valence-electron chi connectivity index (χ3n) is 2.85. The van der Waals surface area contributed by atoms with E-state index in [4.69, 9.17) is 5.73 Å². The van der Waals surface area contributed by atoms with E-state index in [2.05, 4.69) is 5.32 Å². The van der Waals surface area contributed by atoms with Gasteiger partial charge in [-0.25, -0.2) is 0 Å². The summed E-state index contributed by atoms with van der Waals surface area (Å²) in [7, 11) is -0.675. The monoisotopic (exact) mass is 232 g/mol. The molecule has 1 aliphatic rings. The van der Waals surface area contributed by atoms with Crippen LogP contribution in [0, 0.1) is 5.41 Å². The molecule has 1 rings (SSSR count). The Labute approximate surface area is 93.4 Å².